The molecule has 0 aromatic heterocycles. The lowest BCUT2D eigenvalue weighted by atomic mass is 10.0. The van der Waals surface area contributed by atoms with Crippen molar-refractivity contribution in [1.82, 2.24) is 6.15 Å². The van der Waals surface area contributed by atoms with Crippen molar-refractivity contribution in [2.75, 3.05) is 0 Å². The van der Waals surface area contributed by atoms with Crippen LogP contribution in [0.25, 0.3) is 0 Å². The van der Waals surface area contributed by atoms with Gasteiger partial charge in [0.25, 0.3) is 0 Å². The SMILES string of the molecule is CC(C(=O)O)[C@H](N)C(=O)O.N. The molecule has 0 aromatic carbocycles. The summed E-state index contributed by atoms with van der Waals surface area (Å²) in [6, 6.07) is -1.32. The van der Waals surface area contributed by atoms with E-state index in [-0.39, 0.29) is 6.15 Å². The average Bonchev–Trinajstić information content (AvgIpc) is 1.84. The summed E-state index contributed by atoms with van der Waals surface area (Å²) >= 11 is 0. The number of aliphatic carboxylic acids is 2. The fraction of sp³-hybridized carbons (Fsp3) is 0.600. The second kappa shape index (κ2) is 4.64. The zero-order valence-corrected chi connectivity index (χ0v) is 6.15. The minimum absolute atomic E-state index is 0. The van der Waals surface area contributed by atoms with Gasteiger partial charge in [-0.25, -0.2) is 0 Å². The Hall–Kier alpha value is -1.14. The number of rotatable bonds is 3. The van der Waals surface area contributed by atoms with Gasteiger partial charge in [-0.3, -0.25) is 9.59 Å². The first kappa shape index (κ1) is 12.5. The van der Waals surface area contributed by atoms with E-state index in [0.717, 1.165) is 0 Å². The maximum absolute atomic E-state index is 10.1. The zero-order valence-electron chi connectivity index (χ0n) is 6.15. The second-order valence-electron chi connectivity index (χ2n) is 1.99. The highest BCUT2D eigenvalue weighted by molar-refractivity contribution is 5.82. The van der Waals surface area contributed by atoms with Crippen LogP contribution in [0.1, 0.15) is 6.92 Å². The van der Waals surface area contributed by atoms with Gasteiger partial charge in [-0.05, 0) is 6.92 Å². The largest absolute Gasteiger partial charge is 0.481 e. The lowest BCUT2D eigenvalue weighted by molar-refractivity contribution is -0.149. The first-order valence-electron chi connectivity index (χ1n) is 2.68. The Kier molecular flexibility index (Phi) is 5.29. The van der Waals surface area contributed by atoms with E-state index in [1.54, 1.807) is 0 Å². The fourth-order valence-corrected chi connectivity index (χ4v) is 0.367. The Morgan fingerprint density at radius 2 is 1.64 bits per heavy atom. The molecule has 0 fully saturated rings. The summed E-state index contributed by atoms with van der Waals surface area (Å²) in [4.78, 5) is 20.2. The lowest BCUT2D eigenvalue weighted by Gasteiger charge is -2.09. The third kappa shape index (κ3) is 3.54. The van der Waals surface area contributed by atoms with E-state index < -0.39 is 23.9 Å². The van der Waals surface area contributed by atoms with E-state index in [9.17, 15) is 9.59 Å². The molecule has 0 rings (SSSR count). The molecule has 0 radical (unpaired) electrons. The van der Waals surface area contributed by atoms with E-state index in [4.69, 9.17) is 15.9 Å². The monoisotopic (exact) mass is 164 g/mol. The van der Waals surface area contributed by atoms with Crippen molar-refractivity contribution in [3.8, 4) is 0 Å². The molecule has 11 heavy (non-hydrogen) atoms. The molecule has 0 saturated heterocycles. The van der Waals surface area contributed by atoms with Gasteiger partial charge in [0, 0.05) is 0 Å². The Morgan fingerprint density at radius 3 is 1.73 bits per heavy atom. The fourth-order valence-electron chi connectivity index (χ4n) is 0.367. The summed E-state index contributed by atoms with van der Waals surface area (Å²) < 4.78 is 0. The number of nitrogens with two attached hydrogens (primary N) is 1. The van der Waals surface area contributed by atoms with Gasteiger partial charge < -0.3 is 22.1 Å². The second-order valence-corrected chi connectivity index (χ2v) is 1.99. The van der Waals surface area contributed by atoms with Gasteiger partial charge >= 0.3 is 11.9 Å². The van der Waals surface area contributed by atoms with Crippen molar-refractivity contribution in [3.05, 3.63) is 0 Å². The molecule has 0 aliphatic heterocycles. The van der Waals surface area contributed by atoms with Crippen LogP contribution in [-0.4, -0.2) is 28.2 Å². The molecule has 0 amide bonds. The van der Waals surface area contributed by atoms with E-state index in [2.05, 4.69) is 0 Å². The number of hydrogen-bond acceptors (Lipinski definition) is 4. The molecule has 0 heterocycles. The number of carboxylic acids is 2. The highest BCUT2D eigenvalue weighted by Crippen LogP contribution is 1.99. The van der Waals surface area contributed by atoms with Gasteiger partial charge in [0.2, 0.25) is 0 Å². The summed E-state index contributed by atoms with van der Waals surface area (Å²) in [7, 11) is 0. The van der Waals surface area contributed by atoms with Crippen LogP contribution >= 0.6 is 0 Å². The summed E-state index contributed by atoms with van der Waals surface area (Å²) in [5, 5.41) is 16.5. The quantitative estimate of drug-likeness (QED) is 0.434. The summed E-state index contributed by atoms with van der Waals surface area (Å²) in [6.07, 6.45) is 0. The van der Waals surface area contributed by atoms with Gasteiger partial charge in [0.1, 0.15) is 6.04 Å². The van der Waals surface area contributed by atoms with Crippen LogP contribution in [0.4, 0.5) is 0 Å². The highest BCUT2D eigenvalue weighted by atomic mass is 16.4. The smallest absolute Gasteiger partial charge is 0.321 e. The van der Waals surface area contributed by atoms with Crippen LogP contribution in [0, 0.1) is 5.92 Å². The molecule has 0 aromatic rings. The minimum atomic E-state index is -1.32. The minimum Gasteiger partial charge on any atom is -0.481 e. The van der Waals surface area contributed by atoms with E-state index in [1.807, 2.05) is 0 Å². The van der Waals surface area contributed by atoms with Crippen molar-refractivity contribution >= 4 is 11.9 Å². The summed E-state index contributed by atoms with van der Waals surface area (Å²) in [5.74, 6) is -3.54. The molecule has 7 N–H and O–H groups in total. The van der Waals surface area contributed by atoms with Crippen molar-refractivity contribution in [1.29, 1.82) is 0 Å². The predicted octanol–water partition coefficient (Wildman–Crippen LogP) is -0.719. The summed E-state index contributed by atoms with van der Waals surface area (Å²) in [5.41, 5.74) is 4.98. The first-order chi connectivity index (χ1) is 4.46. The molecule has 1 unspecified atom stereocenters. The van der Waals surface area contributed by atoms with Crippen LogP contribution in [0.3, 0.4) is 0 Å². The van der Waals surface area contributed by atoms with Crippen LogP contribution in [0.5, 0.6) is 0 Å². The Labute approximate surface area is 63.6 Å². The standard InChI is InChI=1S/C5H9NO4.H3N/c1-2(4(7)8)3(6)5(9)10;/h2-3H,6H2,1H3,(H,7,8)(H,9,10);1H3/t2?,3-;/m0./s1. The van der Waals surface area contributed by atoms with Gasteiger partial charge in [0.05, 0.1) is 5.92 Å². The van der Waals surface area contributed by atoms with E-state index in [1.165, 1.54) is 6.92 Å². The molecule has 6 nitrogen and oxygen atoms in total. The molecular weight excluding hydrogens is 152 g/mol. The molecule has 0 spiro atoms. The molecule has 6 heteroatoms. The van der Waals surface area contributed by atoms with Gasteiger partial charge in [-0.2, -0.15) is 0 Å². The molecule has 0 aliphatic rings. The van der Waals surface area contributed by atoms with Crippen LogP contribution in [-0.2, 0) is 9.59 Å². The molecular formula is C5H12N2O4. The van der Waals surface area contributed by atoms with Crippen molar-refractivity contribution < 1.29 is 19.8 Å². The Bertz CT molecular complexity index is 141. The van der Waals surface area contributed by atoms with Gasteiger partial charge in [-0.15, -0.1) is 0 Å². The van der Waals surface area contributed by atoms with E-state index >= 15 is 0 Å². The van der Waals surface area contributed by atoms with Crippen molar-refractivity contribution in [2.24, 2.45) is 11.7 Å². The van der Waals surface area contributed by atoms with Crippen molar-refractivity contribution in [2.45, 2.75) is 13.0 Å². The van der Waals surface area contributed by atoms with Gasteiger partial charge in [0.15, 0.2) is 0 Å². The Balaban J connectivity index is 0. The maximum atomic E-state index is 10.1. The summed E-state index contributed by atoms with van der Waals surface area (Å²) in [6.45, 7) is 1.25. The first-order valence-corrected chi connectivity index (χ1v) is 2.68. The van der Waals surface area contributed by atoms with Crippen LogP contribution < -0.4 is 11.9 Å². The number of carbonyl (C=O) groups is 2. The van der Waals surface area contributed by atoms with E-state index in [0.29, 0.717) is 0 Å². The topological polar surface area (TPSA) is 136 Å². The van der Waals surface area contributed by atoms with Crippen molar-refractivity contribution in [3.63, 3.8) is 0 Å². The maximum Gasteiger partial charge on any atom is 0.321 e. The number of hydrogen-bond donors (Lipinski definition) is 4. The highest BCUT2D eigenvalue weighted by Gasteiger charge is 2.25. The number of carboxylic acid groups (broad SMARTS) is 2. The lowest BCUT2D eigenvalue weighted by Crippen LogP contribution is -2.40. The van der Waals surface area contributed by atoms with Crippen LogP contribution in [0.15, 0.2) is 0 Å². The third-order valence-electron chi connectivity index (χ3n) is 1.21. The molecule has 0 saturated carbocycles. The third-order valence-corrected chi connectivity index (χ3v) is 1.21. The normalized spacial score (nSPS) is 14.4. The zero-order chi connectivity index (χ0) is 8.31. The average molecular weight is 164 g/mol. The predicted molar refractivity (Wildman–Crippen MR) is 37.4 cm³/mol. The molecule has 0 aliphatic carbocycles. The van der Waals surface area contributed by atoms with Gasteiger partial charge in [-0.1, -0.05) is 0 Å². The van der Waals surface area contributed by atoms with Crippen LogP contribution in [0.2, 0.25) is 0 Å². The molecule has 0 bridgehead atoms. The molecule has 66 valence electrons. The molecule has 2 atom stereocenters. The Morgan fingerprint density at radius 1 is 1.27 bits per heavy atom.